The van der Waals surface area contributed by atoms with Crippen molar-refractivity contribution in [1.82, 2.24) is 15.2 Å². The maximum absolute atomic E-state index is 12.9. The molecule has 3 amide bonds. The molecular formula is C22H27N7O6S2. The van der Waals surface area contributed by atoms with Gasteiger partial charge in [0.2, 0.25) is 5.91 Å². The summed E-state index contributed by atoms with van der Waals surface area (Å²) in [5.41, 5.74) is 11.0. The number of quaternary nitrogens is 1. The van der Waals surface area contributed by atoms with Crippen molar-refractivity contribution in [3.8, 4) is 0 Å². The number of likely N-dealkylation sites (N-methyl/N-ethyl adjacent to an activating group) is 1. The molecule has 3 heterocycles. The number of aliphatic carboxylic acids is 1. The van der Waals surface area contributed by atoms with Gasteiger partial charge in [0.1, 0.15) is 24.2 Å². The molecule has 0 radical (unpaired) electrons. The van der Waals surface area contributed by atoms with Gasteiger partial charge in [-0.05, 0) is 17.7 Å². The van der Waals surface area contributed by atoms with Gasteiger partial charge in [0.05, 0.1) is 38.9 Å². The summed E-state index contributed by atoms with van der Waals surface area (Å²) < 4.78 is 0.483. The number of thiazole rings is 1. The van der Waals surface area contributed by atoms with E-state index in [0.29, 0.717) is 23.1 Å². The number of thioether (sulfide) groups is 1. The number of oxime groups is 1. The second kappa shape index (κ2) is 11.6. The summed E-state index contributed by atoms with van der Waals surface area (Å²) in [5, 5.41) is 19.4. The van der Waals surface area contributed by atoms with Gasteiger partial charge in [0.25, 0.3) is 11.8 Å². The molecule has 0 saturated carbocycles. The number of nitrogens with one attached hydrogen (secondary N) is 1. The standard InChI is InChI=1S/C22H27N7O6S2/c1-29(2,9-5-7-14(23)30)8-4-6-12-10-36-20-16(19(32)28(20)17(12)21(33)34)26-18(31)15(27-35-3)13-11-37-22(24)25-13/h4-7,11,16,20H,8-10H2,1-3H3,(H5-,23,24,25,26,30,31,33,34)/b6-4+,7-5+,27-15-/t16-,20-/m1/s1. The Hall–Kier alpha value is -3.69. The first-order valence-electron chi connectivity index (χ1n) is 10.9. The molecule has 15 heteroatoms. The third-order valence-electron chi connectivity index (χ3n) is 5.44. The van der Waals surface area contributed by atoms with Crippen LogP contribution in [0.4, 0.5) is 5.13 Å². The van der Waals surface area contributed by atoms with Crippen molar-refractivity contribution in [2.75, 3.05) is 45.8 Å². The number of allylic oxidation sites excluding steroid dienone is 1. The minimum absolute atomic E-state index is 0.159. The summed E-state index contributed by atoms with van der Waals surface area (Å²) >= 11 is 2.43. The summed E-state index contributed by atoms with van der Waals surface area (Å²) in [4.78, 5) is 58.5. The molecule has 0 bridgehead atoms. The number of carbonyl (C=O) groups excluding carboxylic acids is 4. The molecule has 1 aromatic rings. The molecule has 13 nitrogen and oxygen atoms in total. The lowest BCUT2D eigenvalue weighted by Gasteiger charge is -2.50. The van der Waals surface area contributed by atoms with E-state index in [-0.39, 0.29) is 28.0 Å². The number of aromatic nitrogens is 1. The second-order valence-electron chi connectivity index (χ2n) is 8.72. The van der Waals surface area contributed by atoms with E-state index in [1.54, 1.807) is 18.2 Å². The van der Waals surface area contributed by atoms with Crippen LogP contribution in [0.25, 0.3) is 0 Å². The van der Waals surface area contributed by atoms with Gasteiger partial charge >= 0.3 is 0 Å². The Morgan fingerprint density at radius 3 is 2.65 bits per heavy atom. The molecule has 37 heavy (non-hydrogen) atoms. The summed E-state index contributed by atoms with van der Waals surface area (Å²) in [5.74, 6) is -3.02. The number of anilines is 1. The van der Waals surface area contributed by atoms with Crippen LogP contribution >= 0.6 is 23.1 Å². The molecule has 1 fully saturated rings. The largest absolute Gasteiger partial charge is 0.543 e. The summed E-state index contributed by atoms with van der Waals surface area (Å²) in [6, 6.07) is -0.969. The van der Waals surface area contributed by atoms with Crippen LogP contribution in [-0.4, -0.2) is 95.2 Å². The maximum Gasteiger partial charge on any atom is 0.276 e. The van der Waals surface area contributed by atoms with Crippen molar-refractivity contribution in [2.24, 2.45) is 10.9 Å². The van der Waals surface area contributed by atoms with E-state index in [0.717, 1.165) is 16.2 Å². The SMILES string of the molecule is CO/N=C(\C(=O)N[C@@H]1C(=O)N2C(C(=O)[O-])=C(/C=C/C[N+](C)(C)C/C=C/C(N)=O)CS[C@H]12)c1csc(N)n1. The quantitative estimate of drug-likeness (QED) is 0.0934. The number of hydrogen-bond acceptors (Lipinski definition) is 11. The molecule has 198 valence electrons. The number of amides is 3. The Balaban J connectivity index is 1.72. The highest BCUT2D eigenvalue weighted by molar-refractivity contribution is 8.00. The van der Waals surface area contributed by atoms with E-state index >= 15 is 0 Å². The summed E-state index contributed by atoms with van der Waals surface area (Å²) in [6.45, 7) is 1.06. The molecule has 3 rings (SSSR count). The predicted octanol–water partition coefficient (Wildman–Crippen LogP) is -1.85. The van der Waals surface area contributed by atoms with Crippen LogP contribution in [0.3, 0.4) is 0 Å². The first kappa shape index (κ1) is 27.9. The number of fused-ring (bicyclic) bond motifs is 1. The van der Waals surface area contributed by atoms with E-state index in [2.05, 4.69) is 15.5 Å². The van der Waals surface area contributed by atoms with Crippen LogP contribution in [-0.2, 0) is 24.0 Å². The van der Waals surface area contributed by atoms with Gasteiger partial charge in [-0.1, -0.05) is 11.2 Å². The van der Waals surface area contributed by atoms with Gasteiger partial charge in [-0.2, -0.15) is 0 Å². The third-order valence-corrected chi connectivity index (χ3v) is 7.42. The van der Waals surface area contributed by atoms with Gasteiger partial charge in [-0.15, -0.1) is 23.1 Å². The molecule has 2 aliphatic rings. The summed E-state index contributed by atoms with van der Waals surface area (Å²) in [6.07, 6.45) is 6.41. The zero-order valence-electron chi connectivity index (χ0n) is 20.4. The number of β-lactam (4-membered cyclic amide) rings is 1. The molecule has 1 saturated heterocycles. The third kappa shape index (κ3) is 6.55. The number of rotatable bonds is 11. The highest BCUT2D eigenvalue weighted by Crippen LogP contribution is 2.40. The van der Waals surface area contributed by atoms with E-state index in [1.807, 2.05) is 14.1 Å². The number of primary amides is 1. The second-order valence-corrected chi connectivity index (χ2v) is 10.7. The average Bonchev–Trinajstić information content (AvgIpc) is 3.25. The average molecular weight is 550 g/mol. The highest BCUT2D eigenvalue weighted by atomic mass is 32.2. The lowest BCUT2D eigenvalue weighted by atomic mass is 10.0. The molecular weight excluding hydrogens is 522 g/mol. The van der Waals surface area contributed by atoms with Crippen LogP contribution < -0.4 is 21.9 Å². The van der Waals surface area contributed by atoms with Gasteiger partial charge in [-0.25, -0.2) is 4.98 Å². The fourth-order valence-corrected chi connectivity index (χ4v) is 5.54. The molecule has 5 N–H and O–H groups in total. The zero-order valence-corrected chi connectivity index (χ0v) is 22.0. The first-order chi connectivity index (χ1) is 17.4. The Bertz CT molecular complexity index is 1220. The number of carbonyl (C=O) groups is 4. The van der Waals surface area contributed by atoms with E-state index < -0.39 is 35.1 Å². The maximum atomic E-state index is 12.9. The van der Waals surface area contributed by atoms with Gasteiger partial charge in [-0.3, -0.25) is 19.3 Å². The van der Waals surface area contributed by atoms with Crippen LogP contribution in [0.2, 0.25) is 0 Å². The van der Waals surface area contributed by atoms with E-state index in [1.165, 1.54) is 30.3 Å². The van der Waals surface area contributed by atoms with Crippen molar-refractivity contribution in [3.05, 3.63) is 46.6 Å². The lowest BCUT2D eigenvalue weighted by Crippen LogP contribution is -2.71. The molecule has 0 aromatic carbocycles. The number of carboxylic acids is 1. The Kier molecular flexibility index (Phi) is 8.73. The number of hydrogen-bond donors (Lipinski definition) is 3. The van der Waals surface area contributed by atoms with Crippen molar-refractivity contribution in [3.63, 3.8) is 0 Å². The predicted molar refractivity (Wildman–Crippen MR) is 136 cm³/mol. The smallest absolute Gasteiger partial charge is 0.276 e. The number of nitrogens with two attached hydrogens (primary N) is 2. The van der Waals surface area contributed by atoms with E-state index in [4.69, 9.17) is 16.3 Å². The monoisotopic (exact) mass is 549 g/mol. The summed E-state index contributed by atoms with van der Waals surface area (Å²) in [7, 11) is 5.13. The van der Waals surface area contributed by atoms with Crippen LogP contribution in [0, 0.1) is 0 Å². The molecule has 0 spiro atoms. The van der Waals surface area contributed by atoms with Crippen molar-refractivity contribution in [2.45, 2.75) is 11.4 Å². The molecule has 2 aliphatic heterocycles. The molecule has 1 aromatic heterocycles. The van der Waals surface area contributed by atoms with E-state index in [9.17, 15) is 24.3 Å². The van der Waals surface area contributed by atoms with Crippen molar-refractivity contribution in [1.29, 1.82) is 0 Å². The van der Waals surface area contributed by atoms with Gasteiger partial charge in [0, 0.05) is 17.2 Å². The Labute approximate surface area is 221 Å². The van der Waals surface area contributed by atoms with Crippen LogP contribution in [0.5, 0.6) is 0 Å². The zero-order chi connectivity index (χ0) is 27.3. The minimum atomic E-state index is -1.49. The number of carboxylic acid groups (broad SMARTS) is 1. The number of nitrogen functional groups attached to an aromatic ring is 1. The van der Waals surface area contributed by atoms with Crippen molar-refractivity contribution < 1.29 is 33.6 Å². The fourth-order valence-electron chi connectivity index (χ4n) is 3.67. The molecule has 0 unspecified atom stereocenters. The van der Waals surface area contributed by atoms with Crippen LogP contribution in [0.15, 0.2) is 46.1 Å². The normalized spacial score (nSPS) is 20.2. The lowest BCUT2D eigenvalue weighted by molar-refractivity contribution is -0.878. The molecule has 0 aliphatic carbocycles. The van der Waals surface area contributed by atoms with Gasteiger partial charge < -0.3 is 36.0 Å². The van der Waals surface area contributed by atoms with Gasteiger partial charge in [0.15, 0.2) is 10.8 Å². The topological polar surface area (TPSA) is 193 Å². The molecule has 2 atom stereocenters. The highest BCUT2D eigenvalue weighted by Gasteiger charge is 2.53. The van der Waals surface area contributed by atoms with Crippen LogP contribution in [0.1, 0.15) is 5.69 Å². The fraction of sp³-hybridized carbons (Fsp3) is 0.364. The number of nitrogens with zero attached hydrogens (tertiary/aromatic N) is 4. The Morgan fingerprint density at radius 2 is 2.05 bits per heavy atom. The minimum Gasteiger partial charge on any atom is -0.543 e. The first-order valence-corrected chi connectivity index (χ1v) is 12.8. The van der Waals surface area contributed by atoms with Crippen molar-refractivity contribution >= 4 is 57.6 Å². The Morgan fingerprint density at radius 1 is 1.35 bits per heavy atom.